The summed E-state index contributed by atoms with van der Waals surface area (Å²) in [6.07, 6.45) is 4.29. The molecule has 0 N–H and O–H groups in total. The first-order valence-electron chi connectivity index (χ1n) is 7.91. The van der Waals surface area contributed by atoms with Gasteiger partial charge in [-0.15, -0.1) is 5.10 Å². The molecule has 23 heavy (non-hydrogen) atoms. The van der Waals surface area contributed by atoms with E-state index in [4.69, 9.17) is 4.74 Å². The predicted molar refractivity (Wildman–Crippen MR) is 88.0 cm³/mol. The van der Waals surface area contributed by atoms with E-state index in [1.807, 2.05) is 22.9 Å². The number of benzene rings is 2. The minimum atomic E-state index is -0.392. The van der Waals surface area contributed by atoms with Crippen molar-refractivity contribution in [2.75, 3.05) is 0 Å². The Balaban J connectivity index is 1.68. The highest BCUT2D eigenvalue weighted by Crippen LogP contribution is 2.55. The fraction of sp³-hybridized carbons (Fsp3) is 0.263. The highest BCUT2D eigenvalue weighted by Gasteiger charge is 2.52. The molecule has 5 rings (SSSR count). The minimum absolute atomic E-state index is 0.332. The summed E-state index contributed by atoms with van der Waals surface area (Å²) in [5.74, 6) is 0. The van der Waals surface area contributed by atoms with Gasteiger partial charge in [0.1, 0.15) is 16.7 Å². The van der Waals surface area contributed by atoms with E-state index in [1.54, 1.807) is 0 Å². The van der Waals surface area contributed by atoms with Crippen LogP contribution < -0.4 is 0 Å². The molecule has 0 fully saturated rings. The van der Waals surface area contributed by atoms with Crippen LogP contribution in [0.3, 0.4) is 0 Å². The Hall–Kier alpha value is -2.46. The van der Waals surface area contributed by atoms with Crippen LogP contribution in [0.2, 0.25) is 0 Å². The summed E-state index contributed by atoms with van der Waals surface area (Å²) in [5.41, 5.74) is 4.88. The Morgan fingerprint density at radius 3 is 2.61 bits per heavy atom. The molecule has 2 aliphatic rings. The lowest BCUT2D eigenvalue weighted by atomic mass is 9.83. The molecule has 0 radical (unpaired) electrons. The third kappa shape index (κ3) is 1.64. The molecular weight excluding hydrogens is 286 g/mol. The standard InChI is InChI=1S/C19H17N3O/c1-18-10-11-19(2,23-18)16-14(18)8-9-15-17(16)20-21-22(15)12-13-6-4-3-5-7-13/h3-11H,12H2,1-2H3. The highest BCUT2D eigenvalue weighted by molar-refractivity contribution is 5.83. The van der Waals surface area contributed by atoms with Crippen molar-refractivity contribution >= 4 is 11.0 Å². The minimum Gasteiger partial charge on any atom is -0.351 e. The monoisotopic (exact) mass is 303 g/mol. The molecule has 0 saturated carbocycles. The van der Waals surface area contributed by atoms with Crippen LogP contribution in [0.25, 0.3) is 11.0 Å². The van der Waals surface area contributed by atoms with E-state index >= 15 is 0 Å². The van der Waals surface area contributed by atoms with Crippen molar-refractivity contribution < 1.29 is 4.74 Å². The second-order valence-electron chi connectivity index (χ2n) is 6.74. The molecule has 0 amide bonds. The zero-order chi connectivity index (χ0) is 15.7. The van der Waals surface area contributed by atoms with Crippen LogP contribution in [-0.2, 0) is 22.5 Å². The van der Waals surface area contributed by atoms with Crippen LogP contribution >= 0.6 is 0 Å². The van der Waals surface area contributed by atoms with Gasteiger partial charge in [0, 0.05) is 5.56 Å². The SMILES string of the molecule is CC12C=CC(C)(O1)c1c2ccc2c1nnn2Cc1ccccc1. The third-order valence-electron chi connectivity index (χ3n) is 5.04. The van der Waals surface area contributed by atoms with Gasteiger partial charge in [-0.05, 0) is 43.2 Å². The van der Waals surface area contributed by atoms with Crippen molar-refractivity contribution in [3.63, 3.8) is 0 Å². The zero-order valence-electron chi connectivity index (χ0n) is 13.2. The van der Waals surface area contributed by atoms with E-state index in [2.05, 4.69) is 60.6 Å². The van der Waals surface area contributed by atoms with Crippen LogP contribution in [0.1, 0.15) is 30.5 Å². The molecule has 2 unspecified atom stereocenters. The smallest absolute Gasteiger partial charge is 0.120 e. The molecular formula is C19H17N3O. The van der Waals surface area contributed by atoms with Crippen LogP contribution in [0.4, 0.5) is 0 Å². The molecule has 2 atom stereocenters. The Labute approximate surface area is 134 Å². The zero-order valence-corrected chi connectivity index (χ0v) is 13.2. The second kappa shape index (κ2) is 4.09. The average Bonchev–Trinajstić information content (AvgIpc) is 3.16. The second-order valence-corrected chi connectivity index (χ2v) is 6.74. The van der Waals surface area contributed by atoms with E-state index in [0.29, 0.717) is 0 Å². The number of aromatic nitrogens is 3. The molecule has 2 bridgehead atoms. The first-order valence-corrected chi connectivity index (χ1v) is 7.91. The number of ether oxygens (including phenoxy) is 1. The summed E-state index contributed by atoms with van der Waals surface area (Å²) in [4.78, 5) is 0. The van der Waals surface area contributed by atoms with Crippen molar-refractivity contribution in [1.82, 2.24) is 15.0 Å². The quantitative estimate of drug-likeness (QED) is 0.680. The number of hydrogen-bond acceptors (Lipinski definition) is 3. The van der Waals surface area contributed by atoms with E-state index in [0.717, 1.165) is 17.6 Å². The average molecular weight is 303 g/mol. The van der Waals surface area contributed by atoms with Crippen molar-refractivity contribution in [3.05, 3.63) is 71.3 Å². The lowest BCUT2D eigenvalue weighted by Crippen LogP contribution is -2.17. The lowest BCUT2D eigenvalue weighted by Gasteiger charge is -2.18. The van der Waals surface area contributed by atoms with Crippen molar-refractivity contribution in [2.24, 2.45) is 0 Å². The van der Waals surface area contributed by atoms with Gasteiger partial charge in [-0.2, -0.15) is 0 Å². The van der Waals surface area contributed by atoms with Gasteiger partial charge in [-0.3, -0.25) is 0 Å². The first kappa shape index (κ1) is 13.0. The highest BCUT2D eigenvalue weighted by atomic mass is 16.5. The molecule has 114 valence electrons. The maximum atomic E-state index is 6.27. The summed E-state index contributed by atoms with van der Waals surface area (Å²) in [6, 6.07) is 14.6. The number of hydrogen-bond donors (Lipinski definition) is 0. The van der Waals surface area contributed by atoms with Gasteiger partial charge in [0.05, 0.1) is 12.1 Å². The van der Waals surface area contributed by atoms with Crippen LogP contribution in [0, 0.1) is 0 Å². The van der Waals surface area contributed by atoms with E-state index in [9.17, 15) is 0 Å². The van der Waals surface area contributed by atoms with E-state index in [1.165, 1.54) is 16.7 Å². The van der Waals surface area contributed by atoms with Gasteiger partial charge in [-0.1, -0.05) is 41.6 Å². The molecule has 3 heterocycles. The number of rotatable bonds is 2. The molecule has 2 aliphatic heterocycles. The van der Waals surface area contributed by atoms with Crippen LogP contribution in [0.15, 0.2) is 54.6 Å². The van der Waals surface area contributed by atoms with Gasteiger partial charge in [-0.25, -0.2) is 4.68 Å². The fourth-order valence-corrected chi connectivity index (χ4v) is 3.93. The van der Waals surface area contributed by atoms with Gasteiger partial charge < -0.3 is 4.74 Å². The van der Waals surface area contributed by atoms with Gasteiger partial charge >= 0.3 is 0 Å². The Bertz CT molecular complexity index is 959. The third-order valence-corrected chi connectivity index (χ3v) is 5.04. The van der Waals surface area contributed by atoms with Crippen molar-refractivity contribution in [3.8, 4) is 0 Å². The summed E-state index contributed by atoms with van der Waals surface area (Å²) >= 11 is 0. The lowest BCUT2D eigenvalue weighted by molar-refractivity contribution is -0.0491. The molecule has 3 aromatic rings. The Kier molecular flexibility index (Phi) is 2.31. The maximum absolute atomic E-state index is 6.27. The first-order chi connectivity index (χ1) is 11.1. The number of fused-ring (bicyclic) bond motifs is 7. The van der Waals surface area contributed by atoms with E-state index < -0.39 is 5.60 Å². The molecule has 1 aromatic heterocycles. The van der Waals surface area contributed by atoms with E-state index in [-0.39, 0.29) is 5.60 Å². The number of nitrogens with zero attached hydrogens (tertiary/aromatic N) is 3. The predicted octanol–water partition coefficient (Wildman–Crippen LogP) is 3.51. The summed E-state index contributed by atoms with van der Waals surface area (Å²) in [6.45, 7) is 4.94. The maximum Gasteiger partial charge on any atom is 0.120 e. The molecule has 2 aromatic carbocycles. The molecule has 0 spiro atoms. The molecule has 0 saturated heterocycles. The molecule has 0 aliphatic carbocycles. The van der Waals surface area contributed by atoms with Crippen LogP contribution in [0.5, 0.6) is 0 Å². The molecule has 4 nitrogen and oxygen atoms in total. The van der Waals surface area contributed by atoms with Crippen molar-refractivity contribution in [2.45, 2.75) is 31.6 Å². The normalized spacial score (nSPS) is 27.7. The molecule has 4 heteroatoms. The van der Waals surface area contributed by atoms with Crippen molar-refractivity contribution in [1.29, 1.82) is 0 Å². The van der Waals surface area contributed by atoms with Gasteiger partial charge in [0.15, 0.2) is 0 Å². The Morgan fingerprint density at radius 2 is 1.78 bits per heavy atom. The Morgan fingerprint density at radius 1 is 1.00 bits per heavy atom. The van der Waals surface area contributed by atoms with Crippen LogP contribution in [-0.4, -0.2) is 15.0 Å². The summed E-state index contributed by atoms with van der Waals surface area (Å²) < 4.78 is 8.23. The topological polar surface area (TPSA) is 39.9 Å². The largest absolute Gasteiger partial charge is 0.351 e. The summed E-state index contributed by atoms with van der Waals surface area (Å²) in [7, 11) is 0. The van der Waals surface area contributed by atoms with Gasteiger partial charge in [0.2, 0.25) is 0 Å². The summed E-state index contributed by atoms with van der Waals surface area (Å²) in [5, 5.41) is 8.87. The van der Waals surface area contributed by atoms with Gasteiger partial charge in [0.25, 0.3) is 0 Å². The fourth-order valence-electron chi connectivity index (χ4n) is 3.93.